The fourth-order valence-electron chi connectivity index (χ4n) is 2.22. The second-order valence-corrected chi connectivity index (χ2v) is 4.36. The predicted octanol–water partition coefficient (Wildman–Crippen LogP) is 3.01. The summed E-state index contributed by atoms with van der Waals surface area (Å²) in [5.41, 5.74) is 4.68. The number of hydrogen-bond donors (Lipinski definition) is 0. The van der Waals surface area contributed by atoms with Gasteiger partial charge in [0.2, 0.25) is 0 Å². The van der Waals surface area contributed by atoms with Crippen molar-refractivity contribution in [2.45, 2.75) is 33.6 Å². The minimum atomic E-state index is 0.505. The molecule has 0 aliphatic heterocycles. The second-order valence-electron chi connectivity index (χ2n) is 4.36. The van der Waals surface area contributed by atoms with Crippen molar-refractivity contribution in [3.8, 4) is 5.69 Å². The lowest BCUT2D eigenvalue weighted by Gasteiger charge is -2.06. The van der Waals surface area contributed by atoms with E-state index in [0.29, 0.717) is 5.92 Å². The third-order valence-corrected chi connectivity index (χ3v) is 2.82. The average molecular weight is 215 g/mol. The van der Waals surface area contributed by atoms with E-state index in [2.05, 4.69) is 37.8 Å². The SMILES string of the molecule is Cc1nn(-c2cccnc2)c(C)c1C(C)C. The van der Waals surface area contributed by atoms with E-state index < -0.39 is 0 Å². The smallest absolute Gasteiger partial charge is 0.0832 e. The van der Waals surface area contributed by atoms with Crippen molar-refractivity contribution in [3.63, 3.8) is 0 Å². The largest absolute Gasteiger partial charge is 0.262 e. The molecule has 0 radical (unpaired) electrons. The quantitative estimate of drug-likeness (QED) is 0.771. The van der Waals surface area contributed by atoms with Crippen LogP contribution < -0.4 is 0 Å². The third kappa shape index (κ3) is 1.73. The summed E-state index contributed by atoms with van der Waals surface area (Å²) in [5.74, 6) is 0.505. The van der Waals surface area contributed by atoms with Gasteiger partial charge in [0.15, 0.2) is 0 Å². The number of pyridine rings is 1. The van der Waals surface area contributed by atoms with E-state index in [0.717, 1.165) is 11.4 Å². The van der Waals surface area contributed by atoms with Crippen molar-refractivity contribution < 1.29 is 0 Å². The first-order valence-corrected chi connectivity index (χ1v) is 5.57. The summed E-state index contributed by atoms with van der Waals surface area (Å²) in [5, 5.41) is 4.58. The Morgan fingerprint density at radius 2 is 2.00 bits per heavy atom. The molecule has 2 rings (SSSR count). The van der Waals surface area contributed by atoms with E-state index >= 15 is 0 Å². The maximum absolute atomic E-state index is 4.58. The highest BCUT2D eigenvalue weighted by molar-refractivity contribution is 5.36. The molecule has 2 heterocycles. The van der Waals surface area contributed by atoms with Crippen molar-refractivity contribution in [3.05, 3.63) is 41.5 Å². The van der Waals surface area contributed by atoms with Crippen LogP contribution in [0.4, 0.5) is 0 Å². The Balaban J connectivity index is 2.56. The molecule has 2 aromatic rings. The molecule has 0 saturated carbocycles. The molecule has 16 heavy (non-hydrogen) atoms. The highest BCUT2D eigenvalue weighted by Crippen LogP contribution is 2.24. The van der Waals surface area contributed by atoms with Gasteiger partial charge in [0, 0.05) is 11.9 Å². The summed E-state index contributed by atoms with van der Waals surface area (Å²) in [6.45, 7) is 8.58. The molecular formula is C13H17N3. The molecule has 0 saturated heterocycles. The standard InChI is InChI=1S/C13H17N3/c1-9(2)13-10(3)15-16(11(13)4)12-6-5-7-14-8-12/h5-9H,1-4H3. The van der Waals surface area contributed by atoms with E-state index in [1.807, 2.05) is 23.0 Å². The second kappa shape index (κ2) is 4.08. The van der Waals surface area contributed by atoms with Crippen LogP contribution in [0.15, 0.2) is 24.5 Å². The van der Waals surface area contributed by atoms with Crippen molar-refractivity contribution in [1.29, 1.82) is 0 Å². The summed E-state index contributed by atoms with van der Waals surface area (Å²) in [6, 6.07) is 3.96. The molecule has 0 amide bonds. The fourth-order valence-corrected chi connectivity index (χ4v) is 2.22. The number of rotatable bonds is 2. The van der Waals surface area contributed by atoms with Gasteiger partial charge >= 0.3 is 0 Å². The summed E-state index contributed by atoms with van der Waals surface area (Å²) in [7, 11) is 0. The van der Waals surface area contributed by atoms with Crippen molar-refractivity contribution in [2.75, 3.05) is 0 Å². The lowest BCUT2D eigenvalue weighted by Crippen LogP contribution is -2.00. The van der Waals surface area contributed by atoms with Crippen LogP contribution in [0.2, 0.25) is 0 Å². The molecule has 2 aromatic heterocycles. The Hall–Kier alpha value is -1.64. The number of aryl methyl sites for hydroxylation is 1. The Kier molecular flexibility index (Phi) is 2.77. The van der Waals surface area contributed by atoms with E-state index in [1.54, 1.807) is 6.20 Å². The Labute approximate surface area is 96.1 Å². The summed E-state index contributed by atoms with van der Waals surface area (Å²) in [6.07, 6.45) is 3.61. The first-order valence-electron chi connectivity index (χ1n) is 5.57. The number of hydrogen-bond acceptors (Lipinski definition) is 2. The van der Waals surface area contributed by atoms with Gasteiger partial charge in [-0.05, 0) is 37.5 Å². The van der Waals surface area contributed by atoms with Crippen LogP contribution in [-0.2, 0) is 0 Å². The molecule has 0 fully saturated rings. The Bertz CT molecular complexity index is 483. The van der Waals surface area contributed by atoms with Gasteiger partial charge in [-0.1, -0.05) is 13.8 Å². The molecular weight excluding hydrogens is 198 g/mol. The van der Waals surface area contributed by atoms with Crippen LogP contribution in [0, 0.1) is 13.8 Å². The zero-order valence-electron chi connectivity index (χ0n) is 10.2. The van der Waals surface area contributed by atoms with Crippen LogP contribution in [0.5, 0.6) is 0 Å². The minimum absolute atomic E-state index is 0.505. The fraction of sp³-hybridized carbons (Fsp3) is 0.385. The van der Waals surface area contributed by atoms with E-state index in [9.17, 15) is 0 Å². The normalized spacial score (nSPS) is 11.1. The zero-order valence-corrected chi connectivity index (χ0v) is 10.2. The highest BCUT2D eigenvalue weighted by atomic mass is 15.3. The van der Waals surface area contributed by atoms with Gasteiger partial charge in [0.25, 0.3) is 0 Å². The molecule has 0 aromatic carbocycles. The molecule has 84 valence electrons. The summed E-state index contributed by atoms with van der Waals surface area (Å²) >= 11 is 0. The molecule has 0 bridgehead atoms. The molecule has 0 unspecified atom stereocenters. The van der Waals surface area contributed by atoms with Gasteiger partial charge in [-0.25, -0.2) is 4.68 Å². The monoisotopic (exact) mass is 215 g/mol. The van der Waals surface area contributed by atoms with Crippen molar-refractivity contribution >= 4 is 0 Å². The van der Waals surface area contributed by atoms with Crippen LogP contribution in [0.25, 0.3) is 5.69 Å². The van der Waals surface area contributed by atoms with Crippen LogP contribution in [0.3, 0.4) is 0 Å². The van der Waals surface area contributed by atoms with Gasteiger partial charge in [0.05, 0.1) is 17.6 Å². The lowest BCUT2D eigenvalue weighted by atomic mass is 10.0. The van der Waals surface area contributed by atoms with Gasteiger partial charge in [-0.3, -0.25) is 4.98 Å². The molecule has 0 spiro atoms. The predicted molar refractivity (Wildman–Crippen MR) is 64.9 cm³/mol. The topological polar surface area (TPSA) is 30.7 Å². The van der Waals surface area contributed by atoms with E-state index in [1.165, 1.54) is 11.3 Å². The van der Waals surface area contributed by atoms with Crippen LogP contribution in [-0.4, -0.2) is 14.8 Å². The summed E-state index contributed by atoms with van der Waals surface area (Å²) in [4.78, 5) is 4.13. The van der Waals surface area contributed by atoms with Gasteiger partial charge in [-0.2, -0.15) is 5.10 Å². The summed E-state index contributed by atoms with van der Waals surface area (Å²) < 4.78 is 1.97. The first-order chi connectivity index (χ1) is 7.61. The minimum Gasteiger partial charge on any atom is -0.262 e. The number of aromatic nitrogens is 3. The van der Waals surface area contributed by atoms with E-state index in [4.69, 9.17) is 0 Å². The maximum atomic E-state index is 4.58. The first kappa shape index (κ1) is 10.9. The average Bonchev–Trinajstić information content (AvgIpc) is 2.55. The highest BCUT2D eigenvalue weighted by Gasteiger charge is 2.14. The Morgan fingerprint density at radius 1 is 1.25 bits per heavy atom. The van der Waals surface area contributed by atoms with Gasteiger partial charge < -0.3 is 0 Å². The van der Waals surface area contributed by atoms with Gasteiger partial charge in [-0.15, -0.1) is 0 Å². The van der Waals surface area contributed by atoms with E-state index in [-0.39, 0.29) is 0 Å². The molecule has 0 N–H and O–H groups in total. The zero-order chi connectivity index (χ0) is 11.7. The molecule has 0 aliphatic carbocycles. The van der Waals surface area contributed by atoms with Crippen LogP contribution in [0.1, 0.15) is 36.7 Å². The molecule has 0 aliphatic rings. The maximum Gasteiger partial charge on any atom is 0.0832 e. The number of nitrogens with zero attached hydrogens (tertiary/aromatic N) is 3. The third-order valence-electron chi connectivity index (χ3n) is 2.82. The van der Waals surface area contributed by atoms with Gasteiger partial charge in [0.1, 0.15) is 0 Å². The van der Waals surface area contributed by atoms with Crippen molar-refractivity contribution in [1.82, 2.24) is 14.8 Å². The molecule has 3 nitrogen and oxygen atoms in total. The van der Waals surface area contributed by atoms with Crippen LogP contribution >= 0.6 is 0 Å². The Morgan fingerprint density at radius 3 is 2.50 bits per heavy atom. The lowest BCUT2D eigenvalue weighted by molar-refractivity contribution is 0.819. The molecule has 0 atom stereocenters. The van der Waals surface area contributed by atoms with Crippen molar-refractivity contribution in [2.24, 2.45) is 0 Å². The molecule has 3 heteroatoms.